The molecule has 0 aliphatic heterocycles. The summed E-state index contributed by atoms with van der Waals surface area (Å²) in [5.41, 5.74) is 19.5. The van der Waals surface area contributed by atoms with Gasteiger partial charge in [-0.2, -0.15) is 0 Å². The number of benzene rings is 15. The number of fused-ring (bicyclic) bond motifs is 5. The van der Waals surface area contributed by atoms with Crippen LogP contribution < -0.4 is 0 Å². The summed E-state index contributed by atoms with van der Waals surface area (Å²) in [6.07, 6.45) is 0. The molecular weight excluding hydrogens is 1020 g/mol. The largest absolute Gasteiger partial charge is 0.0622 e. The lowest BCUT2D eigenvalue weighted by Crippen LogP contribution is -1.83. The van der Waals surface area contributed by atoms with Crippen LogP contribution in [0.3, 0.4) is 0 Å². The molecular formula is C85H70. The van der Waals surface area contributed by atoms with Gasteiger partial charge in [0.1, 0.15) is 0 Å². The molecule has 0 fully saturated rings. The lowest BCUT2D eigenvalue weighted by atomic mass is 9.96. The molecule has 0 radical (unpaired) electrons. The number of aryl methyl sites for hydroxylation is 5. The van der Waals surface area contributed by atoms with Gasteiger partial charge in [0.2, 0.25) is 0 Å². The molecule has 410 valence electrons. The van der Waals surface area contributed by atoms with Gasteiger partial charge in [-0.3, -0.25) is 0 Å². The Balaban J connectivity index is 0.000000111. The highest BCUT2D eigenvalue weighted by molar-refractivity contribution is 6.01. The Bertz CT molecular complexity index is 4560. The first-order chi connectivity index (χ1) is 41.7. The van der Waals surface area contributed by atoms with E-state index >= 15 is 0 Å². The maximum absolute atomic E-state index is 2.26. The third-order valence-electron chi connectivity index (χ3n) is 15.8. The van der Waals surface area contributed by atoms with Crippen molar-refractivity contribution in [1.29, 1.82) is 0 Å². The molecule has 15 aromatic rings. The van der Waals surface area contributed by atoms with Crippen molar-refractivity contribution >= 4 is 53.9 Å². The van der Waals surface area contributed by atoms with Crippen LogP contribution in [0.15, 0.2) is 334 Å². The highest BCUT2D eigenvalue weighted by Gasteiger charge is 2.08. The van der Waals surface area contributed by atoms with Crippen LogP contribution >= 0.6 is 0 Å². The Labute approximate surface area is 502 Å². The predicted molar refractivity (Wildman–Crippen MR) is 371 cm³/mol. The Morgan fingerprint density at radius 1 is 0.153 bits per heavy atom. The van der Waals surface area contributed by atoms with Crippen molar-refractivity contribution < 1.29 is 0 Å². The second kappa shape index (κ2) is 27.1. The van der Waals surface area contributed by atoms with Gasteiger partial charge in [0.15, 0.2) is 0 Å². The van der Waals surface area contributed by atoms with E-state index in [4.69, 9.17) is 0 Å². The van der Waals surface area contributed by atoms with Gasteiger partial charge in [0.05, 0.1) is 0 Å². The van der Waals surface area contributed by atoms with E-state index in [-0.39, 0.29) is 0 Å². The Hall–Kier alpha value is -10.4. The van der Waals surface area contributed by atoms with Crippen LogP contribution in [0.5, 0.6) is 0 Å². The van der Waals surface area contributed by atoms with E-state index in [1.807, 2.05) is 0 Å². The summed E-state index contributed by atoms with van der Waals surface area (Å²) in [4.78, 5) is 0. The third kappa shape index (κ3) is 13.8. The van der Waals surface area contributed by atoms with Crippen LogP contribution in [0.2, 0.25) is 0 Å². The van der Waals surface area contributed by atoms with Crippen molar-refractivity contribution in [2.24, 2.45) is 0 Å². The highest BCUT2D eigenvalue weighted by Crippen LogP contribution is 2.34. The van der Waals surface area contributed by atoms with E-state index < -0.39 is 0 Å². The Morgan fingerprint density at radius 2 is 0.529 bits per heavy atom. The molecule has 85 heavy (non-hydrogen) atoms. The van der Waals surface area contributed by atoms with E-state index in [9.17, 15) is 0 Å². The topological polar surface area (TPSA) is 0 Å². The second-order valence-electron chi connectivity index (χ2n) is 21.9. The zero-order valence-corrected chi connectivity index (χ0v) is 49.3. The monoisotopic (exact) mass is 1090 g/mol. The lowest BCUT2D eigenvalue weighted by molar-refractivity contribution is 1.47. The fourth-order valence-electron chi connectivity index (χ4n) is 11.4. The SMILES string of the molecule is Cc1cc(-c2ccccc2)c2ccccc2c1.Cc1ccc(-c2ccc3ccccc3c2)cc1.Cc1ccc(-c2ccccc2)c2ccccc12.Cc1ccc2c(-c3ccccc3)cccc2c1.Cc1cccc2c(-c3ccccc3)cccc12. The third-order valence-corrected chi connectivity index (χ3v) is 15.8. The molecule has 0 saturated heterocycles. The molecule has 0 spiro atoms. The van der Waals surface area contributed by atoms with Gasteiger partial charge in [0, 0.05) is 0 Å². The van der Waals surface area contributed by atoms with Gasteiger partial charge >= 0.3 is 0 Å². The maximum Gasteiger partial charge on any atom is -0.0103 e. The summed E-state index contributed by atoms with van der Waals surface area (Å²) in [6.45, 7) is 10.7. The number of hydrogen-bond acceptors (Lipinski definition) is 0. The molecule has 0 unspecified atom stereocenters. The van der Waals surface area contributed by atoms with Crippen LogP contribution in [0.25, 0.3) is 109 Å². The average Bonchev–Trinajstić information content (AvgIpc) is 3.65. The molecule has 0 heteroatoms. The van der Waals surface area contributed by atoms with Crippen molar-refractivity contribution in [3.05, 3.63) is 361 Å². The predicted octanol–water partition coefficient (Wildman–Crippen LogP) is 24.1. The quantitative estimate of drug-likeness (QED) is 0.161. The summed E-state index contributed by atoms with van der Waals surface area (Å²) < 4.78 is 0. The van der Waals surface area contributed by atoms with E-state index in [1.54, 1.807) is 0 Å². The molecule has 0 saturated carbocycles. The van der Waals surface area contributed by atoms with Crippen LogP contribution in [0.1, 0.15) is 27.8 Å². The highest BCUT2D eigenvalue weighted by atomic mass is 14.1. The van der Waals surface area contributed by atoms with Gasteiger partial charge in [-0.25, -0.2) is 0 Å². The molecule has 0 aliphatic rings. The van der Waals surface area contributed by atoms with Crippen LogP contribution in [-0.4, -0.2) is 0 Å². The van der Waals surface area contributed by atoms with Gasteiger partial charge in [0.25, 0.3) is 0 Å². The van der Waals surface area contributed by atoms with Crippen molar-refractivity contribution in [3.8, 4) is 55.6 Å². The summed E-state index contributed by atoms with van der Waals surface area (Å²) >= 11 is 0. The van der Waals surface area contributed by atoms with Gasteiger partial charge in [-0.15, -0.1) is 0 Å². The lowest BCUT2D eigenvalue weighted by Gasteiger charge is -2.09. The van der Waals surface area contributed by atoms with Crippen molar-refractivity contribution in [2.45, 2.75) is 34.6 Å². The Morgan fingerprint density at radius 3 is 1.13 bits per heavy atom. The summed E-state index contributed by atoms with van der Waals surface area (Å²) in [7, 11) is 0. The van der Waals surface area contributed by atoms with E-state index in [0.717, 1.165) is 0 Å². The van der Waals surface area contributed by atoms with Crippen molar-refractivity contribution in [1.82, 2.24) is 0 Å². The molecule has 15 aromatic carbocycles. The first-order valence-electron chi connectivity index (χ1n) is 29.5. The molecule has 0 aliphatic carbocycles. The zero-order chi connectivity index (χ0) is 58.3. The van der Waals surface area contributed by atoms with Gasteiger partial charge in [-0.05, 0) is 167 Å². The van der Waals surface area contributed by atoms with Gasteiger partial charge in [-0.1, -0.05) is 339 Å². The fraction of sp³-hybridized carbons (Fsp3) is 0.0588. The van der Waals surface area contributed by atoms with Crippen LogP contribution in [0.4, 0.5) is 0 Å². The zero-order valence-electron chi connectivity index (χ0n) is 49.3. The minimum atomic E-state index is 1.28. The number of hydrogen-bond donors (Lipinski definition) is 0. The molecule has 0 N–H and O–H groups in total. The summed E-state index contributed by atoms with van der Waals surface area (Å²) in [5, 5.41) is 13.2. The molecule has 0 nitrogen and oxygen atoms in total. The van der Waals surface area contributed by atoms with E-state index in [0.29, 0.717) is 0 Å². The van der Waals surface area contributed by atoms with E-state index in [1.165, 1.54) is 137 Å². The smallest absolute Gasteiger partial charge is 0.0103 e. The maximum atomic E-state index is 2.26. The molecule has 0 heterocycles. The minimum Gasteiger partial charge on any atom is -0.0622 e. The Kier molecular flexibility index (Phi) is 18.0. The normalized spacial score (nSPS) is 10.6. The van der Waals surface area contributed by atoms with Gasteiger partial charge < -0.3 is 0 Å². The molecule has 0 amide bonds. The summed E-state index contributed by atoms with van der Waals surface area (Å²) in [5.74, 6) is 0. The first kappa shape index (κ1) is 56.5. The standard InChI is InChI=1S/5C17H14/c1-13-7-5-12-17-15(13)10-6-11-16(17)14-8-3-2-4-9-14;1-13-11-15-9-5-6-10-16(15)17(12-13)14-7-3-2-4-8-14;1-13-11-12-16(14-7-3-2-4-8-14)17-10-6-5-9-15(13)17;1-13-10-11-17-15(12-13)8-5-9-16(17)14-6-3-2-4-7-14;1-13-6-8-15(9-7-13)17-11-10-14-4-2-3-5-16(14)12-17/h5*2-12H,1H3. The molecule has 0 aromatic heterocycles. The van der Waals surface area contributed by atoms with Crippen molar-refractivity contribution in [3.63, 3.8) is 0 Å². The summed E-state index contributed by atoms with van der Waals surface area (Å²) in [6, 6.07) is 118. The first-order valence-corrected chi connectivity index (χ1v) is 29.5. The minimum absolute atomic E-state index is 1.28. The molecule has 0 atom stereocenters. The van der Waals surface area contributed by atoms with E-state index in [2.05, 4.69) is 368 Å². The van der Waals surface area contributed by atoms with Crippen molar-refractivity contribution in [2.75, 3.05) is 0 Å². The number of rotatable bonds is 5. The molecule has 15 rings (SSSR count). The fourth-order valence-corrected chi connectivity index (χ4v) is 11.4. The second-order valence-corrected chi connectivity index (χ2v) is 21.9. The average molecular weight is 1090 g/mol. The van der Waals surface area contributed by atoms with Crippen LogP contribution in [-0.2, 0) is 0 Å². The molecule has 0 bridgehead atoms. The van der Waals surface area contributed by atoms with Crippen LogP contribution in [0, 0.1) is 34.6 Å².